The van der Waals surface area contributed by atoms with Crippen molar-refractivity contribution in [3.8, 4) is 11.4 Å². The summed E-state index contributed by atoms with van der Waals surface area (Å²) in [5.41, 5.74) is -0.140. The molecule has 0 saturated heterocycles. The van der Waals surface area contributed by atoms with Crippen LogP contribution in [0.3, 0.4) is 0 Å². The van der Waals surface area contributed by atoms with Crippen LogP contribution in [0.15, 0.2) is 10.5 Å². The molecule has 0 bridgehead atoms. The smallest absolute Gasteiger partial charge is 0.387 e. The van der Waals surface area contributed by atoms with Crippen molar-refractivity contribution in [2.75, 3.05) is 5.32 Å². The molecule has 1 aromatic heterocycles. The van der Waals surface area contributed by atoms with Crippen LogP contribution in [-0.2, 0) is 5.54 Å². The standard InChI is InChI=1S/C13H12BrF3N4O/c1-5-19-20-11-13(2,3)18-6-4-7(22-12(16)17)8(14)9(15)10(6)21(5)11/h4,12,18H,1-3H3. The molecular formula is C13H12BrF3N4O. The van der Waals surface area contributed by atoms with Gasteiger partial charge < -0.3 is 10.1 Å². The van der Waals surface area contributed by atoms with Crippen LogP contribution in [0.5, 0.6) is 5.75 Å². The Morgan fingerprint density at radius 3 is 2.68 bits per heavy atom. The molecule has 0 fully saturated rings. The van der Waals surface area contributed by atoms with E-state index < -0.39 is 18.0 Å². The number of ether oxygens (including phenoxy) is 1. The van der Waals surface area contributed by atoms with Crippen LogP contribution in [0.4, 0.5) is 18.9 Å². The number of benzene rings is 1. The Bertz CT molecular complexity index is 760. The lowest BCUT2D eigenvalue weighted by Gasteiger charge is -2.34. The third-order valence-electron chi connectivity index (χ3n) is 3.42. The first-order chi connectivity index (χ1) is 10.2. The topological polar surface area (TPSA) is 52.0 Å². The summed E-state index contributed by atoms with van der Waals surface area (Å²) in [5, 5.41) is 11.1. The van der Waals surface area contributed by atoms with Crippen molar-refractivity contribution >= 4 is 21.6 Å². The number of aromatic nitrogens is 3. The van der Waals surface area contributed by atoms with E-state index in [1.807, 2.05) is 13.8 Å². The third kappa shape index (κ3) is 2.15. The second-order valence-electron chi connectivity index (χ2n) is 5.43. The number of alkyl halides is 2. The van der Waals surface area contributed by atoms with E-state index in [2.05, 4.69) is 36.2 Å². The summed E-state index contributed by atoms with van der Waals surface area (Å²) >= 11 is 2.97. The first-order valence-electron chi connectivity index (χ1n) is 6.40. The molecule has 0 amide bonds. The Kier molecular flexibility index (Phi) is 3.35. The molecular weight excluding hydrogens is 365 g/mol. The van der Waals surface area contributed by atoms with Gasteiger partial charge in [0.05, 0.1) is 15.7 Å². The van der Waals surface area contributed by atoms with Gasteiger partial charge in [-0.3, -0.25) is 4.57 Å². The van der Waals surface area contributed by atoms with E-state index in [-0.39, 0.29) is 15.9 Å². The average molecular weight is 377 g/mol. The maximum absolute atomic E-state index is 14.7. The van der Waals surface area contributed by atoms with Gasteiger partial charge in [-0.15, -0.1) is 10.2 Å². The Hall–Kier alpha value is -1.77. The van der Waals surface area contributed by atoms with Gasteiger partial charge in [0.1, 0.15) is 17.3 Å². The second-order valence-corrected chi connectivity index (χ2v) is 6.23. The number of hydrogen-bond donors (Lipinski definition) is 1. The molecule has 0 unspecified atom stereocenters. The van der Waals surface area contributed by atoms with E-state index in [0.29, 0.717) is 17.3 Å². The van der Waals surface area contributed by atoms with Gasteiger partial charge in [0.2, 0.25) is 0 Å². The molecule has 0 radical (unpaired) electrons. The summed E-state index contributed by atoms with van der Waals surface area (Å²) in [6.45, 7) is 2.32. The molecule has 0 atom stereocenters. The largest absolute Gasteiger partial charge is 0.433 e. The van der Waals surface area contributed by atoms with E-state index >= 15 is 0 Å². The minimum atomic E-state index is -3.04. The summed E-state index contributed by atoms with van der Waals surface area (Å²) in [5.74, 6) is 0.0361. The van der Waals surface area contributed by atoms with E-state index in [1.54, 1.807) is 11.5 Å². The fourth-order valence-corrected chi connectivity index (χ4v) is 2.91. The van der Waals surface area contributed by atoms with Crippen molar-refractivity contribution in [2.45, 2.75) is 32.9 Å². The molecule has 1 aliphatic heterocycles. The van der Waals surface area contributed by atoms with Crippen molar-refractivity contribution in [2.24, 2.45) is 0 Å². The minimum absolute atomic E-state index is 0.172. The van der Waals surface area contributed by atoms with Crippen molar-refractivity contribution in [1.82, 2.24) is 14.8 Å². The molecule has 2 aromatic rings. The molecule has 3 rings (SSSR count). The minimum Gasteiger partial charge on any atom is -0.433 e. The van der Waals surface area contributed by atoms with Crippen molar-refractivity contribution in [3.63, 3.8) is 0 Å². The molecule has 0 spiro atoms. The predicted octanol–water partition coefficient (Wildman–Crippen LogP) is 3.74. The number of hydrogen-bond acceptors (Lipinski definition) is 4. The molecule has 1 aromatic carbocycles. The lowest BCUT2D eigenvalue weighted by Crippen LogP contribution is -2.36. The summed E-state index contributed by atoms with van der Waals surface area (Å²) in [6.07, 6.45) is 0. The lowest BCUT2D eigenvalue weighted by molar-refractivity contribution is -0.0505. The molecule has 5 nitrogen and oxygen atoms in total. The summed E-state index contributed by atoms with van der Waals surface area (Å²) in [6, 6.07) is 1.33. The zero-order valence-corrected chi connectivity index (χ0v) is 13.5. The van der Waals surface area contributed by atoms with Crippen LogP contribution in [0, 0.1) is 12.7 Å². The van der Waals surface area contributed by atoms with Crippen LogP contribution in [0.1, 0.15) is 25.5 Å². The highest BCUT2D eigenvalue weighted by Gasteiger charge is 2.37. The average Bonchev–Trinajstić information content (AvgIpc) is 2.78. The predicted molar refractivity (Wildman–Crippen MR) is 77.0 cm³/mol. The van der Waals surface area contributed by atoms with Crippen molar-refractivity contribution < 1.29 is 17.9 Å². The Balaban J connectivity index is 2.28. The third-order valence-corrected chi connectivity index (χ3v) is 4.16. The first-order valence-corrected chi connectivity index (χ1v) is 7.19. The Labute approximate surface area is 132 Å². The van der Waals surface area contributed by atoms with Gasteiger partial charge in [0.25, 0.3) is 0 Å². The van der Waals surface area contributed by atoms with Gasteiger partial charge >= 0.3 is 6.61 Å². The van der Waals surface area contributed by atoms with Gasteiger partial charge in [-0.25, -0.2) is 4.39 Å². The van der Waals surface area contributed by atoms with E-state index in [1.165, 1.54) is 6.07 Å². The number of nitrogens with zero attached hydrogens (tertiary/aromatic N) is 3. The normalized spacial score (nSPS) is 15.3. The van der Waals surface area contributed by atoms with Crippen molar-refractivity contribution in [1.29, 1.82) is 0 Å². The highest BCUT2D eigenvalue weighted by atomic mass is 79.9. The molecule has 2 heterocycles. The van der Waals surface area contributed by atoms with Crippen LogP contribution in [-0.4, -0.2) is 21.4 Å². The number of fused-ring (bicyclic) bond motifs is 3. The van der Waals surface area contributed by atoms with Crippen LogP contribution in [0.25, 0.3) is 5.69 Å². The fourth-order valence-electron chi connectivity index (χ4n) is 2.52. The number of rotatable bonds is 2. The number of aryl methyl sites for hydroxylation is 1. The molecule has 118 valence electrons. The van der Waals surface area contributed by atoms with Crippen LogP contribution in [0.2, 0.25) is 0 Å². The molecule has 0 saturated carbocycles. The zero-order chi connectivity index (χ0) is 16.2. The second kappa shape index (κ2) is 4.87. The van der Waals surface area contributed by atoms with Crippen LogP contribution < -0.4 is 10.1 Å². The summed E-state index contributed by atoms with van der Waals surface area (Å²) < 4.78 is 45.4. The Morgan fingerprint density at radius 1 is 1.36 bits per heavy atom. The number of anilines is 1. The number of halogens is 4. The molecule has 1 N–H and O–H groups in total. The van der Waals surface area contributed by atoms with Gasteiger partial charge in [0.15, 0.2) is 11.6 Å². The van der Waals surface area contributed by atoms with Gasteiger partial charge in [-0.1, -0.05) is 0 Å². The van der Waals surface area contributed by atoms with E-state index in [0.717, 1.165) is 0 Å². The quantitative estimate of drug-likeness (QED) is 0.867. The zero-order valence-electron chi connectivity index (χ0n) is 11.9. The maximum Gasteiger partial charge on any atom is 0.387 e. The highest BCUT2D eigenvalue weighted by Crippen LogP contribution is 2.44. The lowest BCUT2D eigenvalue weighted by atomic mass is 10.00. The summed E-state index contributed by atoms with van der Waals surface area (Å²) in [4.78, 5) is 0. The first kappa shape index (κ1) is 15.1. The Morgan fingerprint density at radius 2 is 2.05 bits per heavy atom. The van der Waals surface area contributed by atoms with E-state index in [4.69, 9.17) is 0 Å². The molecule has 0 aliphatic carbocycles. The van der Waals surface area contributed by atoms with Gasteiger partial charge in [-0.05, 0) is 36.7 Å². The molecule has 1 aliphatic rings. The van der Waals surface area contributed by atoms with E-state index in [9.17, 15) is 13.2 Å². The fraction of sp³-hybridized carbons (Fsp3) is 0.385. The van der Waals surface area contributed by atoms with Gasteiger partial charge in [0, 0.05) is 6.07 Å². The van der Waals surface area contributed by atoms with Gasteiger partial charge in [-0.2, -0.15) is 8.78 Å². The summed E-state index contributed by atoms with van der Waals surface area (Å²) in [7, 11) is 0. The van der Waals surface area contributed by atoms with Crippen LogP contribution >= 0.6 is 15.9 Å². The monoisotopic (exact) mass is 376 g/mol. The molecule has 22 heavy (non-hydrogen) atoms. The number of nitrogens with one attached hydrogen (secondary N) is 1. The SMILES string of the molecule is Cc1nnc2n1-c1c(cc(OC(F)F)c(Br)c1F)NC2(C)C. The van der Waals surface area contributed by atoms with Crippen molar-refractivity contribution in [3.05, 3.63) is 28.0 Å². The maximum atomic E-state index is 14.7. The highest BCUT2D eigenvalue weighted by molar-refractivity contribution is 9.10. The molecule has 9 heteroatoms.